The number of halogens is 1. The van der Waals surface area contributed by atoms with Crippen molar-refractivity contribution in [2.24, 2.45) is 0 Å². The molecule has 1 aliphatic carbocycles. The van der Waals surface area contributed by atoms with Gasteiger partial charge in [-0.05, 0) is 74.6 Å². The molecule has 0 bridgehead atoms. The molecule has 1 saturated carbocycles. The Morgan fingerprint density at radius 1 is 1.00 bits per heavy atom. The van der Waals surface area contributed by atoms with Gasteiger partial charge in [0, 0.05) is 29.1 Å². The Hall–Kier alpha value is -3.80. The summed E-state index contributed by atoms with van der Waals surface area (Å²) in [6.45, 7) is 6.52. The number of benzene rings is 3. The van der Waals surface area contributed by atoms with Gasteiger partial charge >= 0.3 is 0 Å². The molecule has 1 amide bonds. The third-order valence-electron chi connectivity index (χ3n) is 6.35. The van der Waals surface area contributed by atoms with Gasteiger partial charge in [-0.3, -0.25) is 4.79 Å². The van der Waals surface area contributed by atoms with Crippen LogP contribution >= 0.6 is 0 Å². The Bertz CT molecular complexity index is 1390. The zero-order valence-corrected chi connectivity index (χ0v) is 21.0. The van der Waals surface area contributed by atoms with Crippen molar-refractivity contribution >= 4 is 22.6 Å². The highest BCUT2D eigenvalue weighted by molar-refractivity contribution is 5.92. The van der Waals surface area contributed by atoms with Crippen LogP contribution in [0.25, 0.3) is 22.0 Å². The zero-order valence-electron chi connectivity index (χ0n) is 21.0. The number of anilines is 1. The number of carbonyl (C=O) groups excluding carboxylic acids is 1. The average molecular weight is 483 g/mol. The first-order valence-corrected chi connectivity index (χ1v) is 12.4. The number of nitrogens with zero attached hydrogens (tertiary/aromatic N) is 3. The lowest BCUT2D eigenvalue weighted by Gasteiger charge is -2.23. The predicted molar refractivity (Wildman–Crippen MR) is 142 cm³/mol. The predicted octanol–water partition coefficient (Wildman–Crippen LogP) is 6.38. The van der Waals surface area contributed by atoms with Gasteiger partial charge in [-0.25, -0.2) is 14.4 Å². The van der Waals surface area contributed by atoms with Crippen LogP contribution < -0.4 is 5.32 Å². The minimum atomic E-state index is -0.295. The Labute approximate surface area is 211 Å². The third-order valence-corrected chi connectivity index (χ3v) is 6.35. The summed E-state index contributed by atoms with van der Waals surface area (Å²) in [5, 5.41) is 4.36. The molecule has 0 aliphatic heterocycles. The van der Waals surface area contributed by atoms with Crippen LogP contribution in [0.1, 0.15) is 44.7 Å². The van der Waals surface area contributed by atoms with Crippen molar-refractivity contribution in [2.75, 3.05) is 5.32 Å². The van der Waals surface area contributed by atoms with E-state index in [1.165, 1.54) is 6.07 Å². The number of carbonyl (C=O) groups is 1. The van der Waals surface area contributed by atoms with E-state index >= 15 is 0 Å². The molecule has 1 aromatic heterocycles. The largest absolute Gasteiger partial charge is 0.365 e. The molecule has 6 heteroatoms. The molecule has 1 heterocycles. The summed E-state index contributed by atoms with van der Waals surface area (Å²) in [5.41, 5.74) is 4.03. The van der Waals surface area contributed by atoms with Crippen LogP contribution in [0.15, 0.2) is 73.1 Å². The lowest BCUT2D eigenvalue weighted by Crippen LogP contribution is -2.34. The van der Waals surface area contributed by atoms with Crippen molar-refractivity contribution in [2.45, 2.75) is 58.2 Å². The molecule has 1 aliphatic rings. The number of hydrogen-bond donors (Lipinski definition) is 1. The quantitative estimate of drug-likeness (QED) is 0.332. The Morgan fingerprint density at radius 3 is 2.44 bits per heavy atom. The fourth-order valence-corrected chi connectivity index (χ4v) is 4.43. The monoisotopic (exact) mass is 482 g/mol. The van der Waals surface area contributed by atoms with Crippen molar-refractivity contribution in [3.05, 3.63) is 90.0 Å². The summed E-state index contributed by atoms with van der Waals surface area (Å²) >= 11 is 0. The molecule has 36 heavy (non-hydrogen) atoms. The molecule has 1 N–H and O–H groups in total. The number of fused-ring (bicyclic) bond motifs is 1. The number of hydrogen-bond acceptors (Lipinski definition) is 4. The Balaban J connectivity index is 1.44. The lowest BCUT2D eigenvalue weighted by atomic mass is 10.00. The van der Waals surface area contributed by atoms with Gasteiger partial charge in [-0.15, -0.1) is 0 Å². The van der Waals surface area contributed by atoms with Crippen molar-refractivity contribution in [1.82, 2.24) is 14.9 Å². The highest BCUT2D eigenvalue weighted by Gasteiger charge is 2.33. The smallest absolute Gasteiger partial charge is 0.227 e. The van der Waals surface area contributed by atoms with Crippen LogP contribution in [0.3, 0.4) is 0 Å². The summed E-state index contributed by atoms with van der Waals surface area (Å²) in [4.78, 5) is 23.8. The minimum absolute atomic E-state index is 0.0363. The van der Waals surface area contributed by atoms with E-state index < -0.39 is 0 Å². The summed E-state index contributed by atoms with van der Waals surface area (Å²) < 4.78 is 15.0. The second kappa shape index (κ2) is 9.69. The molecule has 0 spiro atoms. The van der Waals surface area contributed by atoms with Crippen LogP contribution in [-0.4, -0.2) is 32.4 Å². The van der Waals surface area contributed by atoms with Crippen molar-refractivity contribution in [3.8, 4) is 11.1 Å². The van der Waals surface area contributed by atoms with E-state index in [2.05, 4.69) is 36.1 Å². The van der Waals surface area contributed by atoms with E-state index in [0.29, 0.717) is 12.0 Å². The van der Waals surface area contributed by atoms with Crippen LogP contribution in [0.4, 0.5) is 10.2 Å². The Kier molecular flexibility index (Phi) is 6.44. The van der Waals surface area contributed by atoms with Crippen LogP contribution in [0.5, 0.6) is 0 Å². The second-order valence-electron chi connectivity index (χ2n) is 10.6. The fraction of sp³-hybridized carbons (Fsp3) is 0.300. The normalized spacial score (nSPS) is 13.6. The molecular formula is C30H31FN4O. The third kappa shape index (κ3) is 5.54. The standard InChI is InChI=1S/C30H31FN4O/c1-30(2,3)34-29-25-17-22(10-14-27(25)32-19-33-29)21-9-13-26(31)23(16-21)18-35(24-11-12-24)28(36)15-20-7-5-4-6-8-20/h4-10,13-14,16-17,19,24H,11-12,15,18H2,1-3H3,(H,32,33,34). The van der Waals surface area contributed by atoms with E-state index in [1.807, 2.05) is 59.5 Å². The number of rotatable bonds is 7. The Morgan fingerprint density at radius 2 is 1.72 bits per heavy atom. The maximum atomic E-state index is 15.0. The van der Waals surface area contributed by atoms with E-state index in [0.717, 1.165) is 46.3 Å². The zero-order chi connectivity index (χ0) is 25.3. The van der Waals surface area contributed by atoms with E-state index in [1.54, 1.807) is 12.4 Å². The second-order valence-corrected chi connectivity index (χ2v) is 10.6. The summed E-state index contributed by atoms with van der Waals surface area (Å²) in [6.07, 6.45) is 3.82. The van der Waals surface area contributed by atoms with Crippen molar-refractivity contribution in [1.29, 1.82) is 0 Å². The van der Waals surface area contributed by atoms with Gasteiger partial charge < -0.3 is 10.2 Å². The van der Waals surface area contributed by atoms with Gasteiger partial charge in [-0.2, -0.15) is 0 Å². The van der Waals surface area contributed by atoms with E-state index in [-0.39, 0.29) is 29.8 Å². The van der Waals surface area contributed by atoms with Gasteiger partial charge in [0.25, 0.3) is 0 Å². The van der Waals surface area contributed by atoms with Gasteiger partial charge in [0.2, 0.25) is 5.91 Å². The molecule has 5 nitrogen and oxygen atoms in total. The number of aromatic nitrogens is 2. The van der Waals surface area contributed by atoms with Gasteiger partial charge in [0.15, 0.2) is 0 Å². The molecular weight excluding hydrogens is 451 g/mol. The maximum Gasteiger partial charge on any atom is 0.227 e. The summed E-state index contributed by atoms with van der Waals surface area (Å²) in [7, 11) is 0. The fourth-order valence-electron chi connectivity index (χ4n) is 4.43. The SMILES string of the molecule is CC(C)(C)Nc1ncnc2ccc(-c3ccc(F)c(CN(C(=O)Cc4ccccc4)C4CC4)c3)cc12. The molecule has 184 valence electrons. The molecule has 1 fully saturated rings. The number of nitrogens with one attached hydrogen (secondary N) is 1. The first kappa shape index (κ1) is 23.9. The van der Waals surface area contributed by atoms with Gasteiger partial charge in [-0.1, -0.05) is 42.5 Å². The molecule has 0 atom stereocenters. The van der Waals surface area contributed by atoms with Gasteiger partial charge in [0.05, 0.1) is 11.9 Å². The first-order chi connectivity index (χ1) is 17.3. The molecule has 5 rings (SSSR count). The lowest BCUT2D eigenvalue weighted by molar-refractivity contribution is -0.131. The molecule has 4 aromatic rings. The highest BCUT2D eigenvalue weighted by atomic mass is 19.1. The average Bonchev–Trinajstić information content (AvgIpc) is 3.68. The topological polar surface area (TPSA) is 58.1 Å². The molecule has 0 saturated heterocycles. The minimum Gasteiger partial charge on any atom is -0.365 e. The maximum absolute atomic E-state index is 15.0. The van der Waals surface area contributed by atoms with E-state index in [9.17, 15) is 9.18 Å². The van der Waals surface area contributed by atoms with Gasteiger partial charge in [0.1, 0.15) is 18.0 Å². The van der Waals surface area contributed by atoms with Crippen molar-refractivity contribution in [3.63, 3.8) is 0 Å². The first-order valence-electron chi connectivity index (χ1n) is 12.4. The summed E-state index contributed by atoms with van der Waals surface area (Å²) in [6, 6.07) is 21.0. The van der Waals surface area contributed by atoms with Crippen molar-refractivity contribution < 1.29 is 9.18 Å². The highest BCUT2D eigenvalue weighted by Crippen LogP contribution is 2.32. The molecule has 0 radical (unpaired) electrons. The number of amides is 1. The summed E-state index contributed by atoms with van der Waals surface area (Å²) in [5.74, 6) is 0.508. The van der Waals surface area contributed by atoms with Crippen LogP contribution in [-0.2, 0) is 17.8 Å². The van der Waals surface area contributed by atoms with E-state index in [4.69, 9.17) is 0 Å². The molecule has 3 aromatic carbocycles. The van der Waals surface area contributed by atoms with Crippen LogP contribution in [0, 0.1) is 5.82 Å². The van der Waals surface area contributed by atoms with Crippen LogP contribution in [0.2, 0.25) is 0 Å². The molecule has 0 unspecified atom stereocenters.